The monoisotopic (exact) mass is 327 g/mol. The highest BCUT2D eigenvalue weighted by atomic mass is 32.1. The Kier molecular flexibility index (Phi) is 4.54. The summed E-state index contributed by atoms with van der Waals surface area (Å²) >= 11 is 1.72. The smallest absolute Gasteiger partial charge is 0.163 e. The summed E-state index contributed by atoms with van der Waals surface area (Å²) in [6, 6.07) is 6.10. The van der Waals surface area contributed by atoms with Crippen LogP contribution in [0.4, 0.5) is 5.82 Å². The second-order valence-corrected chi connectivity index (χ2v) is 7.07. The average Bonchev–Trinajstić information content (AvgIpc) is 2.97. The van der Waals surface area contributed by atoms with Crippen LogP contribution >= 0.6 is 11.3 Å². The fourth-order valence-electron chi connectivity index (χ4n) is 2.25. The van der Waals surface area contributed by atoms with E-state index in [-0.39, 0.29) is 6.04 Å². The summed E-state index contributed by atoms with van der Waals surface area (Å²) in [5.41, 5.74) is 6.84. The van der Waals surface area contributed by atoms with Gasteiger partial charge in [0.15, 0.2) is 5.82 Å². The molecule has 3 rings (SSSR count). The maximum Gasteiger partial charge on any atom is 0.163 e. The largest absolute Gasteiger partial charge is 0.368 e. The van der Waals surface area contributed by atoms with Crippen LogP contribution in [0.25, 0.3) is 21.6 Å². The molecule has 5 nitrogen and oxygen atoms in total. The number of anilines is 1. The molecule has 0 aliphatic carbocycles. The van der Waals surface area contributed by atoms with Gasteiger partial charge in [0.05, 0.1) is 5.39 Å². The minimum absolute atomic E-state index is 0.0626. The maximum atomic E-state index is 5.88. The first-order chi connectivity index (χ1) is 11.0. The highest BCUT2D eigenvalue weighted by molar-refractivity contribution is 7.18. The van der Waals surface area contributed by atoms with Gasteiger partial charge in [0.1, 0.15) is 10.6 Å². The van der Waals surface area contributed by atoms with Gasteiger partial charge >= 0.3 is 0 Å². The predicted octanol–water partition coefficient (Wildman–Crippen LogP) is 3.64. The lowest BCUT2D eigenvalue weighted by molar-refractivity contribution is 0.778. The van der Waals surface area contributed by atoms with Crippen molar-refractivity contribution in [2.75, 3.05) is 11.9 Å². The van der Waals surface area contributed by atoms with E-state index in [2.05, 4.69) is 30.2 Å². The molecule has 1 atom stereocenters. The Morgan fingerprint density at radius 2 is 1.91 bits per heavy atom. The Labute approximate surface area is 140 Å². The first kappa shape index (κ1) is 15.8. The number of hydrogen-bond donors (Lipinski definition) is 2. The van der Waals surface area contributed by atoms with Crippen LogP contribution < -0.4 is 11.1 Å². The van der Waals surface area contributed by atoms with Crippen LogP contribution in [0, 0.1) is 0 Å². The van der Waals surface area contributed by atoms with Gasteiger partial charge in [-0.3, -0.25) is 4.98 Å². The molecule has 6 heteroatoms. The molecule has 3 N–H and O–H groups in total. The molecular weight excluding hydrogens is 306 g/mol. The minimum atomic E-state index is 0.0626. The number of nitrogens with zero attached hydrogens (tertiary/aromatic N) is 3. The van der Waals surface area contributed by atoms with Gasteiger partial charge in [0, 0.05) is 35.4 Å². The SMILES string of the molecule is CC(N)CNc1nc(-c2ccncc2)nc2sc(C(C)C)cc12. The minimum Gasteiger partial charge on any atom is -0.368 e. The third kappa shape index (κ3) is 3.48. The summed E-state index contributed by atoms with van der Waals surface area (Å²) in [6.07, 6.45) is 3.51. The van der Waals surface area contributed by atoms with Gasteiger partial charge in [-0.1, -0.05) is 13.8 Å². The Balaban J connectivity index is 2.12. The highest BCUT2D eigenvalue weighted by Gasteiger charge is 2.14. The lowest BCUT2D eigenvalue weighted by Gasteiger charge is -2.10. The van der Waals surface area contributed by atoms with Crippen LogP contribution in [-0.4, -0.2) is 27.5 Å². The quantitative estimate of drug-likeness (QED) is 0.748. The van der Waals surface area contributed by atoms with Gasteiger partial charge in [-0.15, -0.1) is 11.3 Å². The first-order valence-electron chi connectivity index (χ1n) is 7.76. The molecule has 23 heavy (non-hydrogen) atoms. The number of thiophene rings is 1. The number of fused-ring (bicyclic) bond motifs is 1. The number of hydrogen-bond acceptors (Lipinski definition) is 6. The van der Waals surface area contributed by atoms with Crippen LogP contribution in [0.5, 0.6) is 0 Å². The Morgan fingerprint density at radius 3 is 2.57 bits per heavy atom. The second kappa shape index (κ2) is 6.60. The molecule has 3 aromatic rings. The summed E-state index contributed by atoms with van der Waals surface area (Å²) in [5.74, 6) is 2.03. The maximum absolute atomic E-state index is 5.88. The van der Waals surface area contributed by atoms with Gasteiger partial charge in [-0.25, -0.2) is 9.97 Å². The van der Waals surface area contributed by atoms with Gasteiger partial charge in [-0.05, 0) is 31.0 Å². The van der Waals surface area contributed by atoms with Crippen molar-refractivity contribution < 1.29 is 0 Å². The molecule has 0 aliphatic heterocycles. The fraction of sp³-hybridized carbons (Fsp3) is 0.353. The van der Waals surface area contributed by atoms with E-state index in [1.165, 1.54) is 4.88 Å². The molecule has 0 aliphatic rings. The van der Waals surface area contributed by atoms with Gasteiger partial charge in [0.25, 0.3) is 0 Å². The fourth-order valence-corrected chi connectivity index (χ4v) is 3.28. The van der Waals surface area contributed by atoms with Crippen LogP contribution in [0.2, 0.25) is 0 Å². The summed E-state index contributed by atoms with van der Waals surface area (Å²) in [6.45, 7) is 7.03. The second-order valence-electron chi connectivity index (χ2n) is 6.01. The van der Waals surface area contributed by atoms with Crippen molar-refractivity contribution in [3.63, 3.8) is 0 Å². The van der Waals surface area contributed by atoms with Crippen LogP contribution in [0.1, 0.15) is 31.6 Å². The molecular formula is C17H21N5S. The van der Waals surface area contributed by atoms with Crippen LogP contribution in [0.3, 0.4) is 0 Å². The molecule has 3 aromatic heterocycles. The van der Waals surface area contributed by atoms with E-state index in [1.807, 2.05) is 19.1 Å². The Morgan fingerprint density at radius 1 is 1.17 bits per heavy atom. The molecule has 0 aromatic carbocycles. The Hall–Kier alpha value is -2.05. The molecule has 0 saturated heterocycles. The van der Waals surface area contributed by atoms with Crippen molar-refractivity contribution >= 4 is 27.4 Å². The van der Waals surface area contributed by atoms with Gasteiger partial charge < -0.3 is 11.1 Å². The standard InChI is InChI=1S/C17H21N5S/c1-10(2)14-8-13-16(20-9-11(3)18)21-15(22-17(13)23-14)12-4-6-19-7-5-12/h4-8,10-11H,9,18H2,1-3H3,(H,20,21,22). The number of nitrogens with two attached hydrogens (primary N) is 1. The summed E-state index contributed by atoms with van der Waals surface area (Å²) in [4.78, 5) is 15.8. The van der Waals surface area contributed by atoms with Crippen molar-refractivity contribution in [1.29, 1.82) is 0 Å². The van der Waals surface area contributed by atoms with Crippen molar-refractivity contribution in [2.24, 2.45) is 5.73 Å². The summed E-state index contributed by atoms with van der Waals surface area (Å²) in [5, 5.41) is 4.43. The topological polar surface area (TPSA) is 76.7 Å². The zero-order valence-corrected chi connectivity index (χ0v) is 14.4. The van der Waals surface area contributed by atoms with Gasteiger partial charge in [0.2, 0.25) is 0 Å². The normalized spacial score (nSPS) is 12.7. The lowest BCUT2D eigenvalue weighted by Crippen LogP contribution is -2.25. The van der Waals surface area contributed by atoms with E-state index in [0.717, 1.165) is 21.6 Å². The number of aromatic nitrogens is 3. The zero-order chi connectivity index (χ0) is 16.4. The number of rotatable bonds is 5. The van der Waals surface area contributed by atoms with Gasteiger partial charge in [-0.2, -0.15) is 0 Å². The van der Waals surface area contributed by atoms with E-state index in [4.69, 9.17) is 15.7 Å². The third-order valence-electron chi connectivity index (χ3n) is 3.51. The molecule has 120 valence electrons. The van der Waals surface area contributed by atoms with Crippen LogP contribution in [0.15, 0.2) is 30.6 Å². The molecule has 0 bridgehead atoms. The van der Waals surface area contributed by atoms with E-state index >= 15 is 0 Å². The van der Waals surface area contributed by atoms with Crippen LogP contribution in [-0.2, 0) is 0 Å². The third-order valence-corrected chi connectivity index (χ3v) is 4.84. The number of pyridine rings is 1. The van der Waals surface area contributed by atoms with E-state index < -0.39 is 0 Å². The summed E-state index contributed by atoms with van der Waals surface area (Å²) < 4.78 is 0. The lowest BCUT2D eigenvalue weighted by atomic mass is 10.1. The zero-order valence-electron chi connectivity index (χ0n) is 13.6. The number of nitrogens with one attached hydrogen (secondary N) is 1. The molecule has 0 saturated carbocycles. The average molecular weight is 327 g/mol. The molecule has 0 radical (unpaired) electrons. The van der Waals surface area contributed by atoms with Crippen molar-refractivity contribution in [2.45, 2.75) is 32.7 Å². The van der Waals surface area contributed by atoms with E-state index in [9.17, 15) is 0 Å². The van der Waals surface area contributed by atoms with E-state index in [1.54, 1.807) is 23.7 Å². The summed E-state index contributed by atoms with van der Waals surface area (Å²) in [7, 11) is 0. The molecule has 0 spiro atoms. The van der Waals surface area contributed by atoms with Crippen molar-refractivity contribution in [3.05, 3.63) is 35.5 Å². The molecule has 0 fully saturated rings. The molecule has 0 amide bonds. The Bertz CT molecular complexity index is 795. The van der Waals surface area contributed by atoms with Crippen molar-refractivity contribution in [3.8, 4) is 11.4 Å². The highest BCUT2D eigenvalue weighted by Crippen LogP contribution is 2.34. The predicted molar refractivity (Wildman–Crippen MR) is 96.9 cm³/mol. The van der Waals surface area contributed by atoms with E-state index in [0.29, 0.717) is 18.3 Å². The van der Waals surface area contributed by atoms with Crippen molar-refractivity contribution in [1.82, 2.24) is 15.0 Å². The first-order valence-corrected chi connectivity index (χ1v) is 8.57. The molecule has 1 unspecified atom stereocenters. The molecule has 3 heterocycles.